The van der Waals surface area contributed by atoms with E-state index in [1.165, 1.54) is 5.56 Å². The van der Waals surface area contributed by atoms with Crippen LogP contribution in [0.2, 0.25) is 0 Å². The quantitative estimate of drug-likeness (QED) is 0.738. The van der Waals surface area contributed by atoms with Gasteiger partial charge >= 0.3 is 0 Å². The fourth-order valence-corrected chi connectivity index (χ4v) is 1.54. The molecule has 1 heterocycles. The first kappa shape index (κ1) is 11.9. The number of rotatable bonds is 2. The Morgan fingerprint density at radius 3 is 2.47 bits per heavy atom. The predicted molar refractivity (Wildman–Crippen MR) is 62.5 cm³/mol. The first-order chi connectivity index (χ1) is 7.25. The van der Waals surface area contributed by atoms with Crippen molar-refractivity contribution in [1.29, 1.82) is 0 Å². The average Bonchev–Trinajstić information content (AvgIpc) is 2.67. The van der Waals surface area contributed by atoms with Gasteiger partial charge in [-0.2, -0.15) is 0 Å². The highest BCUT2D eigenvalue weighted by Crippen LogP contribution is 2.32. The Morgan fingerprint density at radius 1 is 1.13 bits per heavy atom. The van der Waals surface area contributed by atoms with Crippen molar-refractivity contribution in [3.05, 3.63) is 23.8 Å². The van der Waals surface area contributed by atoms with Gasteiger partial charge in [-0.05, 0) is 30.0 Å². The minimum absolute atomic E-state index is 0.362. The van der Waals surface area contributed by atoms with Gasteiger partial charge in [0.05, 0.1) is 0 Å². The molecule has 0 unspecified atom stereocenters. The molecule has 0 bridgehead atoms. The van der Waals surface area contributed by atoms with E-state index in [9.17, 15) is 0 Å². The zero-order valence-electron chi connectivity index (χ0n) is 10.0. The molecule has 2 rings (SSSR count). The van der Waals surface area contributed by atoms with Crippen molar-refractivity contribution in [2.45, 2.75) is 34.1 Å². The van der Waals surface area contributed by atoms with Crippen LogP contribution in [0.1, 0.15) is 33.3 Å². The fraction of sp³-hybridized carbons (Fsp3) is 0.538. The van der Waals surface area contributed by atoms with Gasteiger partial charge in [0.1, 0.15) is 0 Å². The van der Waals surface area contributed by atoms with Gasteiger partial charge in [0.15, 0.2) is 11.5 Å². The van der Waals surface area contributed by atoms with Gasteiger partial charge < -0.3 is 9.47 Å². The van der Waals surface area contributed by atoms with Crippen LogP contribution >= 0.6 is 0 Å². The van der Waals surface area contributed by atoms with Crippen molar-refractivity contribution in [3.8, 4) is 11.5 Å². The molecule has 0 radical (unpaired) electrons. The Balaban J connectivity index is 0.000000531. The average molecular weight is 208 g/mol. The van der Waals surface area contributed by atoms with Gasteiger partial charge in [0.25, 0.3) is 0 Å². The largest absolute Gasteiger partial charge is 0.454 e. The highest BCUT2D eigenvalue weighted by molar-refractivity contribution is 5.44. The van der Waals surface area contributed by atoms with Crippen molar-refractivity contribution >= 4 is 0 Å². The third-order valence-electron chi connectivity index (χ3n) is 2.08. The monoisotopic (exact) mass is 208 g/mol. The van der Waals surface area contributed by atoms with Gasteiger partial charge in [-0.15, -0.1) is 0 Å². The predicted octanol–water partition coefficient (Wildman–Crippen LogP) is 3.64. The summed E-state index contributed by atoms with van der Waals surface area (Å²) in [5.74, 6) is 2.44. The molecule has 15 heavy (non-hydrogen) atoms. The van der Waals surface area contributed by atoms with E-state index in [2.05, 4.69) is 26.0 Å². The summed E-state index contributed by atoms with van der Waals surface area (Å²) in [6.07, 6.45) is 1.09. The van der Waals surface area contributed by atoms with Crippen LogP contribution in [-0.2, 0) is 6.42 Å². The van der Waals surface area contributed by atoms with Crippen molar-refractivity contribution in [3.63, 3.8) is 0 Å². The Labute approximate surface area is 92.2 Å². The van der Waals surface area contributed by atoms with E-state index in [1.807, 2.05) is 19.9 Å². The van der Waals surface area contributed by atoms with Crippen LogP contribution in [0.25, 0.3) is 0 Å². The molecule has 0 N–H and O–H groups in total. The maximum atomic E-state index is 5.30. The molecular weight excluding hydrogens is 188 g/mol. The smallest absolute Gasteiger partial charge is 0.231 e. The Kier molecular flexibility index (Phi) is 4.47. The molecule has 0 amide bonds. The summed E-state index contributed by atoms with van der Waals surface area (Å²) in [5, 5.41) is 0. The van der Waals surface area contributed by atoms with Crippen molar-refractivity contribution in [2.24, 2.45) is 5.92 Å². The zero-order valence-corrected chi connectivity index (χ0v) is 10.0. The van der Waals surface area contributed by atoms with Crippen LogP contribution in [0.3, 0.4) is 0 Å². The number of hydrogen-bond donors (Lipinski definition) is 0. The highest BCUT2D eigenvalue weighted by atomic mass is 16.7. The van der Waals surface area contributed by atoms with Gasteiger partial charge in [0, 0.05) is 0 Å². The molecule has 0 aliphatic carbocycles. The van der Waals surface area contributed by atoms with Crippen LogP contribution < -0.4 is 9.47 Å². The first-order valence-corrected chi connectivity index (χ1v) is 5.64. The molecule has 1 aliphatic heterocycles. The molecule has 0 saturated carbocycles. The summed E-state index contributed by atoms with van der Waals surface area (Å²) in [4.78, 5) is 0. The molecule has 1 aromatic carbocycles. The summed E-state index contributed by atoms with van der Waals surface area (Å²) >= 11 is 0. The normalized spacial score (nSPS) is 12.3. The van der Waals surface area contributed by atoms with E-state index in [0.29, 0.717) is 12.7 Å². The van der Waals surface area contributed by atoms with Crippen LogP contribution in [-0.4, -0.2) is 6.79 Å². The van der Waals surface area contributed by atoms with E-state index in [1.54, 1.807) is 0 Å². The Morgan fingerprint density at radius 2 is 1.80 bits per heavy atom. The minimum Gasteiger partial charge on any atom is -0.454 e. The molecule has 2 nitrogen and oxygen atoms in total. The van der Waals surface area contributed by atoms with E-state index in [0.717, 1.165) is 17.9 Å². The molecule has 0 spiro atoms. The van der Waals surface area contributed by atoms with Gasteiger partial charge in [-0.1, -0.05) is 33.8 Å². The molecule has 2 heteroatoms. The van der Waals surface area contributed by atoms with Crippen LogP contribution in [0.15, 0.2) is 18.2 Å². The second-order valence-electron chi connectivity index (χ2n) is 3.79. The van der Waals surface area contributed by atoms with Gasteiger partial charge in [0.2, 0.25) is 6.79 Å². The summed E-state index contributed by atoms with van der Waals surface area (Å²) < 4.78 is 10.5. The summed E-state index contributed by atoms with van der Waals surface area (Å²) in [7, 11) is 0. The molecule has 84 valence electrons. The molecule has 0 fully saturated rings. The number of ether oxygens (including phenoxy) is 2. The minimum atomic E-state index is 0.362. The molecule has 1 aliphatic rings. The van der Waals surface area contributed by atoms with Crippen LogP contribution in [0.4, 0.5) is 0 Å². The SMILES string of the molecule is CC.CC(C)Cc1ccc2c(c1)OCO2. The summed E-state index contributed by atoms with van der Waals surface area (Å²) in [6.45, 7) is 8.79. The lowest BCUT2D eigenvalue weighted by molar-refractivity contribution is 0.174. The highest BCUT2D eigenvalue weighted by Gasteiger charge is 2.13. The van der Waals surface area contributed by atoms with Crippen molar-refractivity contribution in [2.75, 3.05) is 6.79 Å². The Hall–Kier alpha value is -1.18. The van der Waals surface area contributed by atoms with Crippen LogP contribution in [0.5, 0.6) is 11.5 Å². The van der Waals surface area contributed by atoms with Crippen LogP contribution in [0, 0.1) is 5.92 Å². The van der Waals surface area contributed by atoms with E-state index < -0.39 is 0 Å². The van der Waals surface area contributed by atoms with Gasteiger partial charge in [-0.3, -0.25) is 0 Å². The maximum Gasteiger partial charge on any atom is 0.231 e. The summed E-state index contributed by atoms with van der Waals surface area (Å²) in [5.41, 5.74) is 1.32. The maximum absolute atomic E-state index is 5.30. The molecule has 0 aromatic heterocycles. The number of benzene rings is 1. The standard InChI is InChI=1S/C11H14O2.C2H6/c1-8(2)5-9-3-4-10-11(6-9)13-7-12-10;1-2/h3-4,6,8H,5,7H2,1-2H3;1-2H3. The molecular formula is C13H20O2. The summed E-state index contributed by atoms with van der Waals surface area (Å²) in [6, 6.07) is 6.16. The van der Waals surface area contributed by atoms with E-state index in [4.69, 9.17) is 9.47 Å². The number of hydrogen-bond acceptors (Lipinski definition) is 2. The van der Waals surface area contributed by atoms with Gasteiger partial charge in [-0.25, -0.2) is 0 Å². The second-order valence-corrected chi connectivity index (χ2v) is 3.79. The topological polar surface area (TPSA) is 18.5 Å². The first-order valence-electron chi connectivity index (χ1n) is 5.64. The third-order valence-corrected chi connectivity index (χ3v) is 2.08. The molecule has 1 aromatic rings. The number of fused-ring (bicyclic) bond motifs is 1. The molecule has 0 atom stereocenters. The van der Waals surface area contributed by atoms with E-state index >= 15 is 0 Å². The van der Waals surface area contributed by atoms with Crippen molar-refractivity contribution in [1.82, 2.24) is 0 Å². The lowest BCUT2D eigenvalue weighted by atomic mass is 10.0. The fourth-order valence-electron chi connectivity index (χ4n) is 1.54. The lowest BCUT2D eigenvalue weighted by Crippen LogP contribution is -1.94. The molecule has 0 saturated heterocycles. The van der Waals surface area contributed by atoms with Crippen molar-refractivity contribution < 1.29 is 9.47 Å². The third kappa shape index (κ3) is 3.15. The second kappa shape index (κ2) is 5.64. The lowest BCUT2D eigenvalue weighted by Gasteiger charge is -2.05. The van der Waals surface area contributed by atoms with E-state index in [-0.39, 0.29) is 0 Å². The zero-order chi connectivity index (χ0) is 11.3. The Bertz CT molecular complexity index is 305.